The largest absolute Gasteiger partial charge is 0.496 e. The van der Waals surface area contributed by atoms with Gasteiger partial charge in [-0.1, -0.05) is 12.1 Å². The number of methoxy groups -OCH3 is 1. The lowest BCUT2D eigenvalue weighted by Gasteiger charge is -2.15. The SMILES string of the molecule is COc1c(-c2cc(F)ccc2C=O)ccc(C)c1C. The Morgan fingerprint density at radius 1 is 1.11 bits per heavy atom. The van der Waals surface area contributed by atoms with Crippen molar-refractivity contribution in [3.05, 3.63) is 52.8 Å². The summed E-state index contributed by atoms with van der Waals surface area (Å²) in [6.07, 6.45) is 0.726. The van der Waals surface area contributed by atoms with Gasteiger partial charge in [-0.3, -0.25) is 4.79 Å². The van der Waals surface area contributed by atoms with E-state index in [9.17, 15) is 9.18 Å². The van der Waals surface area contributed by atoms with E-state index in [1.54, 1.807) is 7.11 Å². The van der Waals surface area contributed by atoms with Crippen molar-refractivity contribution in [2.45, 2.75) is 13.8 Å². The molecule has 2 rings (SSSR count). The van der Waals surface area contributed by atoms with Crippen LogP contribution in [-0.2, 0) is 0 Å². The summed E-state index contributed by atoms with van der Waals surface area (Å²) in [4.78, 5) is 11.1. The first-order chi connectivity index (χ1) is 9.08. The van der Waals surface area contributed by atoms with Gasteiger partial charge in [-0.25, -0.2) is 4.39 Å². The number of carbonyl (C=O) groups is 1. The van der Waals surface area contributed by atoms with E-state index in [1.165, 1.54) is 18.2 Å². The van der Waals surface area contributed by atoms with E-state index in [0.717, 1.165) is 23.0 Å². The molecule has 2 aromatic carbocycles. The van der Waals surface area contributed by atoms with Gasteiger partial charge in [-0.2, -0.15) is 0 Å². The molecule has 0 fully saturated rings. The van der Waals surface area contributed by atoms with Gasteiger partial charge in [0.1, 0.15) is 11.6 Å². The van der Waals surface area contributed by atoms with Crippen molar-refractivity contribution in [1.29, 1.82) is 0 Å². The molecule has 2 nitrogen and oxygen atoms in total. The maximum absolute atomic E-state index is 13.4. The number of ether oxygens (including phenoxy) is 1. The third-order valence-corrected chi connectivity index (χ3v) is 3.31. The smallest absolute Gasteiger partial charge is 0.150 e. The fourth-order valence-electron chi connectivity index (χ4n) is 2.13. The Labute approximate surface area is 111 Å². The number of rotatable bonds is 3. The van der Waals surface area contributed by atoms with Crippen LogP contribution in [-0.4, -0.2) is 13.4 Å². The minimum Gasteiger partial charge on any atom is -0.496 e. The molecule has 0 saturated heterocycles. The molecular formula is C16H15FO2. The highest BCUT2D eigenvalue weighted by Gasteiger charge is 2.14. The Morgan fingerprint density at radius 2 is 1.84 bits per heavy atom. The van der Waals surface area contributed by atoms with Gasteiger partial charge in [0.25, 0.3) is 0 Å². The van der Waals surface area contributed by atoms with E-state index < -0.39 is 0 Å². The quantitative estimate of drug-likeness (QED) is 0.780. The fourth-order valence-corrected chi connectivity index (χ4v) is 2.13. The lowest BCUT2D eigenvalue weighted by Crippen LogP contribution is -1.96. The van der Waals surface area contributed by atoms with Crippen molar-refractivity contribution in [1.82, 2.24) is 0 Å². The number of hydrogen-bond donors (Lipinski definition) is 0. The van der Waals surface area contributed by atoms with Crippen molar-refractivity contribution >= 4 is 6.29 Å². The van der Waals surface area contributed by atoms with E-state index in [-0.39, 0.29) is 5.82 Å². The summed E-state index contributed by atoms with van der Waals surface area (Å²) in [5.74, 6) is 0.301. The molecule has 0 N–H and O–H groups in total. The Bertz CT molecular complexity index is 633. The lowest BCUT2D eigenvalue weighted by atomic mass is 9.95. The molecule has 2 aromatic rings. The highest BCUT2D eigenvalue weighted by Crippen LogP contribution is 2.36. The summed E-state index contributed by atoms with van der Waals surface area (Å²) in [6.45, 7) is 3.92. The first-order valence-corrected chi connectivity index (χ1v) is 5.97. The molecule has 98 valence electrons. The first kappa shape index (κ1) is 13.3. The van der Waals surface area contributed by atoms with Crippen LogP contribution < -0.4 is 4.74 Å². The van der Waals surface area contributed by atoms with Crippen LogP contribution in [0.5, 0.6) is 5.75 Å². The molecule has 0 aliphatic rings. The highest BCUT2D eigenvalue weighted by atomic mass is 19.1. The predicted molar refractivity (Wildman–Crippen MR) is 73.2 cm³/mol. The normalized spacial score (nSPS) is 10.3. The molecule has 0 aliphatic heterocycles. The van der Waals surface area contributed by atoms with Crippen molar-refractivity contribution < 1.29 is 13.9 Å². The second-order valence-electron chi connectivity index (χ2n) is 4.44. The minimum atomic E-state index is -0.374. The molecule has 0 radical (unpaired) electrons. The van der Waals surface area contributed by atoms with Gasteiger partial charge >= 0.3 is 0 Å². The van der Waals surface area contributed by atoms with Gasteiger partial charge in [0.05, 0.1) is 7.11 Å². The molecule has 0 aromatic heterocycles. The summed E-state index contributed by atoms with van der Waals surface area (Å²) in [6, 6.07) is 7.90. The average molecular weight is 258 g/mol. The Morgan fingerprint density at radius 3 is 2.47 bits per heavy atom. The molecule has 0 amide bonds. The average Bonchev–Trinajstić information content (AvgIpc) is 2.41. The number of carbonyl (C=O) groups excluding carboxylic acids is 1. The van der Waals surface area contributed by atoms with Crippen molar-refractivity contribution in [3.63, 3.8) is 0 Å². The number of aryl methyl sites for hydroxylation is 1. The zero-order chi connectivity index (χ0) is 14.0. The molecule has 0 atom stereocenters. The topological polar surface area (TPSA) is 26.3 Å². The molecule has 0 saturated carbocycles. The van der Waals surface area contributed by atoms with Gasteiger partial charge in [0, 0.05) is 11.1 Å². The van der Waals surface area contributed by atoms with Crippen LogP contribution in [0.2, 0.25) is 0 Å². The van der Waals surface area contributed by atoms with Crippen LogP contribution in [0.25, 0.3) is 11.1 Å². The zero-order valence-electron chi connectivity index (χ0n) is 11.2. The van der Waals surface area contributed by atoms with Crippen LogP contribution in [0.4, 0.5) is 4.39 Å². The first-order valence-electron chi connectivity index (χ1n) is 5.97. The summed E-state index contributed by atoms with van der Waals surface area (Å²) < 4.78 is 18.8. The van der Waals surface area contributed by atoms with Crippen molar-refractivity contribution in [2.75, 3.05) is 7.11 Å². The molecule has 0 heterocycles. The van der Waals surface area contributed by atoms with Gasteiger partial charge in [-0.15, -0.1) is 0 Å². The standard InChI is InChI=1S/C16H15FO2/c1-10-4-7-14(16(19-3)11(10)2)15-8-13(17)6-5-12(15)9-18/h4-9H,1-3H3. The zero-order valence-corrected chi connectivity index (χ0v) is 11.2. The van der Waals surface area contributed by atoms with Crippen molar-refractivity contribution in [2.24, 2.45) is 0 Å². The molecule has 19 heavy (non-hydrogen) atoms. The molecule has 0 bridgehead atoms. The predicted octanol–water partition coefficient (Wildman–Crippen LogP) is 3.93. The molecule has 0 aliphatic carbocycles. The van der Waals surface area contributed by atoms with E-state index >= 15 is 0 Å². The Kier molecular flexibility index (Phi) is 3.65. The fraction of sp³-hybridized carbons (Fsp3) is 0.188. The molecular weight excluding hydrogens is 243 g/mol. The second kappa shape index (κ2) is 5.22. The maximum Gasteiger partial charge on any atom is 0.150 e. The summed E-state index contributed by atoms with van der Waals surface area (Å²) in [7, 11) is 1.57. The summed E-state index contributed by atoms with van der Waals surface area (Å²) in [5, 5.41) is 0. The molecule has 3 heteroatoms. The third kappa shape index (κ3) is 2.36. The summed E-state index contributed by atoms with van der Waals surface area (Å²) in [5.41, 5.74) is 3.80. The monoisotopic (exact) mass is 258 g/mol. The lowest BCUT2D eigenvalue weighted by molar-refractivity contribution is 0.112. The van der Waals surface area contributed by atoms with Gasteiger partial charge in [0.15, 0.2) is 6.29 Å². The van der Waals surface area contributed by atoms with Crippen LogP contribution >= 0.6 is 0 Å². The van der Waals surface area contributed by atoms with Crippen LogP contribution in [0.15, 0.2) is 30.3 Å². The van der Waals surface area contributed by atoms with Crippen LogP contribution in [0, 0.1) is 19.7 Å². The molecule has 0 unspecified atom stereocenters. The Hall–Kier alpha value is -2.16. The van der Waals surface area contributed by atoms with Gasteiger partial charge in [-0.05, 0) is 48.7 Å². The van der Waals surface area contributed by atoms with E-state index in [2.05, 4.69) is 0 Å². The van der Waals surface area contributed by atoms with Gasteiger partial charge in [0.2, 0.25) is 0 Å². The highest BCUT2D eigenvalue weighted by molar-refractivity contribution is 5.89. The van der Waals surface area contributed by atoms with Crippen LogP contribution in [0.1, 0.15) is 21.5 Å². The van der Waals surface area contributed by atoms with Gasteiger partial charge < -0.3 is 4.74 Å². The van der Waals surface area contributed by atoms with E-state index in [0.29, 0.717) is 16.9 Å². The maximum atomic E-state index is 13.4. The number of benzene rings is 2. The third-order valence-electron chi connectivity index (χ3n) is 3.31. The number of halogens is 1. The minimum absolute atomic E-state index is 0.374. The van der Waals surface area contributed by atoms with Crippen molar-refractivity contribution in [3.8, 4) is 16.9 Å². The van der Waals surface area contributed by atoms with Crippen LogP contribution in [0.3, 0.4) is 0 Å². The number of aldehydes is 1. The number of hydrogen-bond acceptors (Lipinski definition) is 2. The Balaban J connectivity index is 2.75. The van der Waals surface area contributed by atoms with E-state index in [4.69, 9.17) is 4.74 Å². The molecule has 0 spiro atoms. The second-order valence-corrected chi connectivity index (χ2v) is 4.44. The summed E-state index contributed by atoms with van der Waals surface area (Å²) >= 11 is 0. The van der Waals surface area contributed by atoms with E-state index in [1.807, 2.05) is 26.0 Å².